The Morgan fingerprint density at radius 3 is 1.31 bits per heavy atom. The van der Waals surface area contributed by atoms with Crippen molar-refractivity contribution in [3.63, 3.8) is 0 Å². The molecule has 0 fully saturated rings. The van der Waals surface area contributed by atoms with Gasteiger partial charge < -0.3 is 9.13 Å². The summed E-state index contributed by atoms with van der Waals surface area (Å²) < 4.78 is 4.86. The lowest BCUT2D eigenvalue weighted by atomic mass is 9.94. The van der Waals surface area contributed by atoms with Gasteiger partial charge in [-0.2, -0.15) is 0 Å². The number of nitrogens with zero attached hydrogens (tertiary/aromatic N) is 4. The zero-order valence-corrected chi connectivity index (χ0v) is 33.6. The first-order valence-corrected chi connectivity index (χ1v) is 21.2. The minimum Gasteiger partial charge on any atom is -0.309 e. The Hall–Kier alpha value is -8.34. The molecule has 288 valence electrons. The highest BCUT2D eigenvalue weighted by Crippen LogP contribution is 2.41. The van der Waals surface area contributed by atoms with E-state index in [4.69, 9.17) is 9.97 Å². The number of hydrogen-bond acceptors (Lipinski definition) is 2. The zero-order valence-electron chi connectivity index (χ0n) is 33.6. The quantitative estimate of drug-likeness (QED) is 0.163. The van der Waals surface area contributed by atoms with Crippen LogP contribution in [0.4, 0.5) is 0 Å². The van der Waals surface area contributed by atoms with Crippen molar-refractivity contribution in [3.8, 4) is 45.0 Å². The Labute approximate surface area is 357 Å². The molecule has 0 unspecified atom stereocenters. The van der Waals surface area contributed by atoms with E-state index in [0.29, 0.717) is 0 Å². The number of hydrogen-bond donors (Lipinski definition) is 0. The predicted molar refractivity (Wildman–Crippen MR) is 260 cm³/mol. The maximum atomic E-state index is 5.46. The van der Waals surface area contributed by atoms with E-state index >= 15 is 0 Å². The summed E-state index contributed by atoms with van der Waals surface area (Å²) in [5.41, 5.74) is 15.2. The Kier molecular flexibility index (Phi) is 7.57. The summed E-state index contributed by atoms with van der Waals surface area (Å²) in [5, 5.41) is 9.40. The summed E-state index contributed by atoms with van der Waals surface area (Å²) in [4.78, 5) is 10.7. The van der Waals surface area contributed by atoms with E-state index in [9.17, 15) is 0 Å². The predicted octanol–water partition coefficient (Wildman–Crippen LogP) is 15.1. The third kappa shape index (κ3) is 5.27. The van der Waals surface area contributed by atoms with Crippen LogP contribution in [0.25, 0.3) is 121 Å². The monoisotopic (exact) mass is 788 g/mol. The summed E-state index contributed by atoms with van der Waals surface area (Å²) in [7, 11) is 0. The van der Waals surface area contributed by atoms with Crippen LogP contribution in [-0.2, 0) is 0 Å². The molecule has 4 heteroatoms. The van der Waals surface area contributed by atoms with Crippen molar-refractivity contribution in [3.05, 3.63) is 218 Å². The second-order valence-corrected chi connectivity index (χ2v) is 16.2. The molecule has 0 aliphatic carbocycles. The van der Waals surface area contributed by atoms with E-state index in [1.54, 1.807) is 0 Å². The van der Waals surface area contributed by atoms with Crippen molar-refractivity contribution in [2.75, 3.05) is 0 Å². The van der Waals surface area contributed by atoms with Gasteiger partial charge in [0.1, 0.15) is 0 Å². The summed E-state index contributed by atoms with van der Waals surface area (Å²) in [5.74, 6) is 0. The molecule has 0 atom stereocenters. The second-order valence-electron chi connectivity index (χ2n) is 16.2. The van der Waals surface area contributed by atoms with Gasteiger partial charge in [-0.05, 0) is 89.3 Å². The maximum Gasteiger partial charge on any atom is 0.0794 e. The van der Waals surface area contributed by atoms with E-state index in [1.807, 2.05) is 6.07 Å². The second kappa shape index (κ2) is 13.6. The van der Waals surface area contributed by atoms with Crippen LogP contribution in [0.1, 0.15) is 0 Å². The van der Waals surface area contributed by atoms with Crippen molar-refractivity contribution in [2.24, 2.45) is 0 Å². The van der Waals surface area contributed by atoms with Crippen molar-refractivity contribution in [1.29, 1.82) is 0 Å². The third-order valence-corrected chi connectivity index (χ3v) is 12.7. The van der Waals surface area contributed by atoms with Gasteiger partial charge in [-0.25, -0.2) is 9.97 Å². The molecule has 9 aromatic carbocycles. The molecule has 0 spiro atoms. The van der Waals surface area contributed by atoms with Gasteiger partial charge in [0, 0.05) is 60.2 Å². The van der Waals surface area contributed by atoms with E-state index in [0.717, 1.165) is 77.6 Å². The van der Waals surface area contributed by atoms with Crippen LogP contribution in [0.3, 0.4) is 0 Å². The minimum atomic E-state index is 0.947. The maximum absolute atomic E-state index is 5.46. The Balaban J connectivity index is 1.09. The molecular formula is C58H36N4. The highest BCUT2D eigenvalue weighted by atomic mass is 15.0. The highest BCUT2D eigenvalue weighted by Gasteiger charge is 2.19. The van der Waals surface area contributed by atoms with Gasteiger partial charge in [0.05, 0.1) is 44.5 Å². The topological polar surface area (TPSA) is 35.6 Å². The molecule has 0 bridgehead atoms. The van der Waals surface area contributed by atoms with Crippen molar-refractivity contribution in [1.82, 2.24) is 19.1 Å². The lowest BCUT2D eigenvalue weighted by Gasteiger charge is -2.17. The van der Waals surface area contributed by atoms with Crippen LogP contribution < -0.4 is 0 Å². The Bertz CT molecular complexity index is 3680. The van der Waals surface area contributed by atoms with Gasteiger partial charge in [-0.1, -0.05) is 146 Å². The van der Waals surface area contributed by atoms with Crippen molar-refractivity contribution >= 4 is 76.2 Å². The first kappa shape index (κ1) is 34.5. The summed E-state index contributed by atoms with van der Waals surface area (Å²) in [6.07, 6.45) is 0. The van der Waals surface area contributed by atoms with E-state index in [2.05, 4.69) is 221 Å². The van der Waals surface area contributed by atoms with E-state index in [1.165, 1.54) is 43.6 Å². The van der Waals surface area contributed by atoms with Crippen LogP contribution in [0.2, 0.25) is 0 Å². The van der Waals surface area contributed by atoms with Crippen LogP contribution in [-0.4, -0.2) is 19.1 Å². The fourth-order valence-corrected chi connectivity index (χ4v) is 9.88. The van der Waals surface area contributed by atoms with Gasteiger partial charge >= 0.3 is 0 Å². The third-order valence-electron chi connectivity index (χ3n) is 12.7. The number of para-hydroxylation sites is 4. The molecule has 0 radical (unpaired) electrons. The van der Waals surface area contributed by atoms with Crippen LogP contribution in [0.15, 0.2) is 218 Å². The fourth-order valence-electron chi connectivity index (χ4n) is 9.88. The highest BCUT2D eigenvalue weighted by molar-refractivity contribution is 6.21. The SMILES string of the molecule is c1ccc(-c2ccc3c(ccc4c5cc(-c6cc(-n7c8ccccc8c8ccccc87)cc(-n7c8ccccc8c8ccccc87)c6)ccc5nc(-c5ccccc5)c34)n2)cc1. The first-order chi connectivity index (χ1) is 30.7. The molecule has 4 heterocycles. The minimum absolute atomic E-state index is 0.947. The summed E-state index contributed by atoms with van der Waals surface area (Å²) >= 11 is 0. The average molecular weight is 789 g/mol. The van der Waals surface area contributed by atoms with Gasteiger partial charge in [0.25, 0.3) is 0 Å². The normalized spacial score (nSPS) is 11.9. The van der Waals surface area contributed by atoms with E-state index < -0.39 is 0 Å². The molecule has 0 saturated carbocycles. The average Bonchev–Trinajstić information content (AvgIpc) is 3.87. The lowest BCUT2D eigenvalue weighted by molar-refractivity contribution is 1.13. The number of fused-ring (bicyclic) bond motifs is 11. The first-order valence-electron chi connectivity index (χ1n) is 21.2. The summed E-state index contributed by atoms with van der Waals surface area (Å²) in [6, 6.07) is 78.6. The standard InChI is InChI=1S/C58H36N4/c1-3-15-37(16-4-1)50-31-29-48-51(59-50)32-28-47-49-35-39(27-30-52(49)60-58(57(47)48)38-17-5-2-6-18-38)40-33-41(61-53-23-11-7-19-43(53)44-20-8-12-24-54(44)61)36-42(34-40)62-55-25-13-9-21-45(55)46-22-10-14-26-56(46)62/h1-36H. The molecule has 0 aliphatic heterocycles. The molecular weight excluding hydrogens is 753 g/mol. The number of pyridine rings is 2. The van der Waals surface area contributed by atoms with Crippen molar-refractivity contribution in [2.45, 2.75) is 0 Å². The number of benzene rings is 9. The number of aromatic nitrogens is 4. The number of rotatable bonds is 5. The van der Waals surface area contributed by atoms with Gasteiger partial charge in [-0.3, -0.25) is 0 Å². The largest absolute Gasteiger partial charge is 0.309 e. The van der Waals surface area contributed by atoms with Crippen LogP contribution in [0.5, 0.6) is 0 Å². The molecule has 0 N–H and O–H groups in total. The van der Waals surface area contributed by atoms with Crippen LogP contribution >= 0.6 is 0 Å². The zero-order chi connectivity index (χ0) is 40.7. The molecule has 13 aromatic rings. The lowest BCUT2D eigenvalue weighted by Crippen LogP contribution is -2.00. The molecule has 0 saturated heterocycles. The molecule has 0 amide bonds. The summed E-state index contributed by atoms with van der Waals surface area (Å²) in [6.45, 7) is 0. The van der Waals surface area contributed by atoms with E-state index in [-0.39, 0.29) is 0 Å². The Morgan fingerprint density at radius 1 is 0.274 bits per heavy atom. The van der Waals surface area contributed by atoms with Crippen LogP contribution in [0, 0.1) is 0 Å². The van der Waals surface area contributed by atoms with Gasteiger partial charge in [-0.15, -0.1) is 0 Å². The Morgan fingerprint density at radius 2 is 0.742 bits per heavy atom. The molecule has 4 nitrogen and oxygen atoms in total. The van der Waals surface area contributed by atoms with Gasteiger partial charge in [0.15, 0.2) is 0 Å². The molecule has 13 rings (SSSR count). The molecule has 0 aliphatic rings. The van der Waals surface area contributed by atoms with Crippen molar-refractivity contribution < 1.29 is 0 Å². The fraction of sp³-hybridized carbons (Fsp3) is 0. The molecule has 4 aromatic heterocycles. The molecule has 62 heavy (non-hydrogen) atoms. The van der Waals surface area contributed by atoms with Gasteiger partial charge in [0.2, 0.25) is 0 Å². The smallest absolute Gasteiger partial charge is 0.0794 e.